The molecule has 66 heavy (non-hydrogen) atoms. The predicted octanol–water partition coefficient (Wildman–Crippen LogP) is 19.3. The third kappa shape index (κ3) is 52.6. The van der Waals surface area contributed by atoms with Crippen LogP contribution in [0.25, 0.3) is 0 Å². The number of hydrogen-bond donors (Lipinski definition) is 0. The van der Waals surface area contributed by atoms with Crippen LogP contribution in [0.15, 0.2) is 36.5 Å². The summed E-state index contributed by atoms with van der Waals surface area (Å²) in [5.74, 6) is -0.874. The topological polar surface area (TPSA) is 78.9 Å². The first-order valence-corrected chi connectivity index (χ1v) is 29.0. The molecule has 0 aliphatic heterocycles. The molecule has 1 unspecified atom stereocenters. The largest absolute Gasteiger partial charge is 0.462 e. The van der Waals surface area contributed by atoms with Crippen molar-refractivity contribution in [3.63, 3.8) is 0 Å². The van der Waals surface area contributed by atoms with Gasteiger partial charge in [-0.1, -0.05) is 250 Å². The van der Waals surface area contributed by atoms with E-state index in [9.17, 15) is 14.4 Å². The van der Waals surface area contributed by atoms with Crippen molar-refractivity contribution in [3.8, 4) is 0 Å². The van der Waals surface area contributed by atoms with Crippen LogP contribution in [-0.2, 0) is 28.6 Å². The number of carbonyl (C=O) groups excluding carboxylic acids is 3. The number of hydrogen-bond acceptors (Lipinski definition) is 6. The summed E-state index contributed by atoms with van der Waals surface area (Å²) in [7, 11) is 0. The molecule has 0 spiro atoms. The highest BCUT2D eigenvalue weighted by Crippen LogP contribution is 2.16. The van der Waals surface area contributed by atoms with E-state index >= 15 is 0 Å². The van der Waals surface area contributed by atoms with Gasteiger partial charge >= 0.3 is 17.9 Å². The third-order valence-electron chi connectivity index (χ3n) is 12.9. The molecule has 0 aliphatic rings. The van der Waals surface area contributed by atoms with Gasteiger partial charge < -0.3 is 14.2 Å². The molecule has 0 aliphatic carbocycles. The van der Waals surface area contributed by atoms with Gasteiger partial charge in [0.1, 0.15) is 13.2 Å². The van der Waals surface area contributed by atoms with Gasteiger partial charge in [-0.25, -0.2) is 0 Å². The summed E-state index contributed by atoms with van der Waals surface area (Å²) < 4.78 is 16.8. The van der Waals surface area contributed by atoms with Crippen molar-refractivity contribution in [3.05, 3.63) is 36.5 Å². The van der Waals surface area contributed by atoms with Gasteiger partial charge in [-0.3, -0.25) is 14.4 Å². The molecule has 386 valence electrons. The van der Waals surface area contributed by atoms with Gasteiger partial charge in [-0.15, -0.1) is 0 Å². The Labute approximate surface area is 410 Å². The molecule has 0 rings (SSSR count). The number of unbranched alkanes of at least 4 members (excludes halogenated alkanes) is 36. The molecule has 0 amide bonds. The van der Waals surface area contributed by atoms with Crippen LogP contribution >= 0.6 is 0 Å². The second kappa shape index (κ2) is 55.2. The lowest BCUT2D eigenvalue weighted by Crippen LogP contribution is -2.30. The number of allylic oxidation sites excluding steroid dienone is 6. The summed E-state index contributed by atoms with van der Waals surface area (Å²) in [6, 6.07) is 0. The molecular formula is C60H110O6. The number of rotatable bonds is 53. The Morgan fingerprint density at radius 2 is 0.545 bits per heavy atom. The zero-order chi connectivity index (χ0) is 47.9. The van der Waals surface area contributed by atoms with E-state index in [1.165, 1.54) is 199 Å². The Morgan fingerprint density at radius 1 is 0.303 bits per heavy atom. The van der Waals surface area contributed by atoms with E-state index in [1.807, 2.05) is 0 Å². The van der Waals surface area contributed by atoms with Crippen molar-refractivity contribution < 1.29 is 28.6 Å². The highest BCUT2D eigenvalue weighted by Gasteiger charge is 2.19. The summed E-state index contributed by atoms with van der Waals surface area (Å²) in [4.78, 5) is 37.9. The standard InChI is InChI=1S/C60H110O6/c1-4-7-10-13-16-18-20-22-24-26-28-29-30-31-32-34-35-37-39-41-44-47-50-53-59(62)65-56-57(55-64-58(61)52-49-46-43-15-12-9-6-3)66-60(63)54-51-48-45-42-40-38-36-33-27-25-23-21-19-17-14-11-8-5-2/h19,21,25-28,57H,4-18,20,22-24,29-56H2,1-3H3/b21-19-,27-25-,28-26-. The summed E-state index contributed by atoms with van der Waals surface area (Å²) in [5.41, 5.74) is 0. The van der Waals surface area contributed by atoms with Crippen LogP contribution in [0, 0.1) is 0 Å². The zero-order valence-corrected chi connectivity index (χ0v) is 44.2. The van der Waals surface area contributed by atoms with E-state index in [2.05, 4.69) is 57.2 Å². The number of ether oxygens (including phenoxy) is 3. The summed E-state index contributed by atoms with van der Waals surface area (Å²) in [6.07, 6.45) is 65.9. The van der Waals surface area contributed by atoms with E-state index < -0.39 is 6.10 Å². The van der Waals surface area contributed by atoms with Crippen LogP contribution < -0.4 is 0 Å². The lowest BCUT2D eigenvalue weighted by Gasteiger charge is -2.18. The fourth-order valence-electron chi connectivity index (χ4n) is 8.47. The summed E-state index contributed by atoms with van der Waals surface area (Å²) in [5, 5.41) is 0. The molecular weight excluding hydrogens is 817 g/mol. The van der Waals surface area contributed by atoms with Gasteiger partial charge in [0.05, 0.1) is 0 Å². The van der Waals surface area contributed by atoms with Gasteiger partial charge in [0.15, 0.2) is 6.10 Å². The van der Waals surface area contributed by atoms with E-state index in [0.29, 0.717) is 19.3 Å². The molecule has 0 fully saturated rings. The lowest BCUT2D eigenvalue weighted by molar-refractivity contribution is -0.167. The van der Waals surface area contributed by atoms with Crippen molar-refractivity contribution in [1.82, 2.24) is 0 Å². The highest BCUT2D eigenvalue weighted by atomic mass is 16.6. The Bertz CT molecular complexity index is 1110. The van der Waals surface area contributed by atoms with E-state index in [1.54, 1.807) is 0 Å². The first-order chi connectivity index (χ1) is 32.5. The van der Waals surface area contributed by atoms with Crippen LogP contribution in [0.3, 0.4) is 0 Å². The molecule has 6 nitrogen and oxygen atoms in total. The van der Waals surface area contributed by atoms with Gasteiger partial charge in [0, 0.05) is 19.3 Å². The minimum Gasteiger partial charge on any atom is -0.462 e. The van der Waals surface area contributed by atoms with Crippen LogP contribution in [0.1, 0.15) is 310 Å². The maximum Gasteiger partial charge on any atom is 0.306 e. The maximum absolute atomic E-state index is 12.8. The molecule has 0 aromatic rings. The van der Waals surface area contributed by atoms with Gasteiger partial charge in [-0.2, -0.15) is 0 Å². The van der Waals surface area contributed by atoms with Gasteiger partial charge in [0.2, 0.25) is 0 Å². The fourth-order valence-corrected chi connectivity index (χ4v) is 8.47. The Morgan fingerprint density at radius 3 is 0.864 bits per heavy atom. The van der Waals surface area contributed by atoms with E-state index in [-0.39, 0.29) is 31.1 Å². The first kappa shape index (κ1) is 63.6. The van der Waals surface area contributed by atoms with Crippen molar-refractivity contribution in [2.24, 2.45) is 0 Å². The van der Waals surface area contributed by atoms with Crippen molar-refractivity contribution in [2.75, 3.05) is 13.2 Å². The quantitative estimate of drug-likeness (QED) is 0.0262. The monoisotopic (exact) mass is 927 g/mol. The lowest BCUT2D eigenvalue weighted by atomic mass is 10.0. The van der Waals surface area contributed by atoms with Crippen molar-refractivity contribution >= 4 is 17.9 Å². The SMILES string of the molecule is CCCCCC/C=C\C/C=C\CCCCCCCCCC(=O)OC(COC(=O)CCCCCCCCC)COC(=O)CCCCCCCCCCCCC/C=C\CCCCCCCCCC. The Balaban J connectivity index is 4.16. The minimum absolute atomic E-state index is 0.0731. The Kier molecular flexibility index (Phi) is 53.2. The van der Waals surface area contributed by atoms with Gasteiger partial charge in [0.25, 0.3) is 0 Å². The average Bonchev–Trinajstić information content (AvgIpc) is 3.31. The summed E-state index contributed by atoms with van der Waals surface area (Å²) >= 11 is 0. The summed E-state index contributed by atoms with van der Waals surface area (Å²) in [6.45, 7) is 6.61. The molecule has 0 heterocycles. The first-order valence-electron chi connectivity index (χ1n) is 29.0. The van der Waals surface area contributed by atoms with E-state index in [0.717, 1.165) is 70.6 Å². The molecule has 0 aromatic heterocycles. The second-order valence-electron chi connectivity index (χ2n) is 19.6. The second-order valence-corrected chi connectivity index (χ2v) is 19.6. The molecule has 0 bridgehead atoms. The third-order valence-corrected chi connectivity index (χ3v) is 12.9. The number of esters is 3. The maximum atomic E-state index is 12.8. The van der Waals surface area contributed by atoms with Crippen LogP contribution in [0.5, 0.6) is 0 Å². The molecule has 1 atom stereocenters. The normalized spacial score (nSPS) is 12.2. The van der Waals surface area contributed by atoms with Crippen LogP contribution in [-0.4, -0.2) is 37.2 Å². The molecule has 6 heteroatoms. The van der Waals surface area contributed by atoms with Crippen LogP contribution in [0.4, 0.5) is 0 Å². The molecule has 0 aromatic carbocycles. The zero-order valence-electron chi connectivity index (χ0n) is 44.2. The molecule has 0 saturated heterocycles. The van der Waals surface area contributed by atoms with E-state index in [4.69, 9.17) is 14.2 Å². The molecule has 0 N–H and O–H groups in total. The highest BCUT2D eigenvalue weighted by molar-refractivity contribution is 5.71. The average molecular weight is 928 g/mol. The van der Waals surface area contributed by atoms with Crippen LogP contribution in [0.2, 0.25) is 0 Å². The number of carbonyl (C=O) groups is 3. The van der Waals surface area contributed by atoms with Crippen molar-refractivity contribution in [1.29, 1.82) is 0 Å². The predicted molar refractivity (Wildman–Crippen MR) is 284 cm³/mol. The molecule has 0 saturated carbocycles. The minimum atomic E-state index is -0.772. The molecule has 0 radical (unpaired) electrons. The fraction of sp³-hybridized carbons (Fsp3) is 0.850. The smallest absolute Gasteiger partial charge is 0.306 e. The van der Waals surface area contributed by atoms with Gasteiger partial charge in [-0.05, 0) is 77.0 Å². The van der Waals surface area contributed by atoms with Crippen molar-refractivity contribution in [2.45, 2.75) is 316 Å². The Hall–Kier alpha value is -2.37.